The van der Waals surface area contributed by atoms with E-state index in [1.54, 1.807) is 12.1 Å². The Kier molecular flexibility index (Phi) is 5.30. The van der Waals surface area contributed by atoms with E-state index < -0.39 is 27.6 Å². The molecule has 1 unspecified atom stereocenters. The van der Waals surface area contributed by atoms with Crippen LogP contribution < -0.4 is 15.2 Å². The van der Waals surface area contributed by atoms with Gasteiger partial charge in [0.15, 0.2) is 0 Å². The van der Waals surface area contributed by atoms with Gasteiger partial charge in [0.25, 0.3) is 0 Å². The first kappa shape index (κ1) is 19.2. The second-order valence-electron chi connectivity index (χ2n) is 8.08. The van der Waals surface area contributed by atoms with Gasteiger partial charge in [0.1, 0.15) is 16.2 Å². The first-order valence-electron chi connectivity index (χ1n) is 9.29. The molecule has 0 saturated heterocycles. The number of carbonyl (C=O) groups excluding carboxylic acids is 1. The Morgan fingerprint density at radius 2 is 2.00 bits per heavy atom. The van der Waals surface area contributed by atoms with Crippen LogP contribution in [0.25, 0.3) is 0 Å². The van der Waals surface area contributed by atoms with Crippen molar-refractivity contribution in [2.75, 3.05) is 0 Å². The number of hydrogen-bond acceptors (Lipinski definition) is 4. The third kappa shape index (κ3) is 4.20. The number of nitrogens with two attached hydrogens (primary N) is 1. The summed E-state index contributed by atoms with van der Waals surface area (Å²) < 4.78 is 34.9. The molecule has 1 aliphatic carbocycles. The molecular formula is C19H28N2O4S. The highest BCUT2D eigenvalue weighted by atomic mass is 32.2. The minimum absolute atomic E-state index is 0.0191. The van der Waals surface area contributed by atoms with Crippen molar-refractivity contribution in [2.45, 2.75) is 75.3 Å². The van der Waals surface area contributed by atoms with E-state index in [0.717, 1.165) is 37.7 Å². The number of primary amides is 1. The molecule has 1 atom stereocenters. The van der Waals surface area contributed by atoms with Crippen LogP contribution in [-0.2, 0) is 21.2 Å². The van der Waals surface area contributed by atoms with Crippen molar-refractivity contribution in [3.63, 3.8) is 0 Å². The summed E-state index contributed by atoms with van der Waals surface area (Å²) in [5, 5.41) is 0. The molecule has 1 fully saturated rings. The molecule has 1 aromatic rings. The first-order chi connectivity index (χ1) is 12.2. The quantitative estimate of drug-likeness (QED) is 0.792. The summed E-state index contributed by atoms with van der Waals surface area (Å²) in [6.07, 6.45) is 5.78. The largest absolute Gasteiger partial charge is 0.486 e. The molecule has 1 amide bonds. The van der Waals surface area contributed by atoms with Gasteiger partial charge in [0.2, 0.25) is 15.9 Å². The Balaban J connectivity index is 1.88. The molecular weight excluding hydrogens is 352 g/mol. The fourth-order valence-corrected chi connectivity index (χ4v) is 5.60. The molecule has 0 spiro atoms. The number of hydrogen-bond donors (Lipinski definition) is 2. The molecule has 0 bridgehead atoms. The maximum atomic E-state index is 13.1. The molecule has 0 radical (unpaired) electrons. The standard InChI is InChI=1S/C19H28N2O4S/c1-19(2)12-14-9-6-10-16(18(14)25-19)26(23,24)21-15(11-17(20)22)13-7-4-3-5-8-13/h6,9-10,13,15,21H,3-5,7-8,11-12H2,1-2H3,(H2,20,22). The number of benzene rings is 1. The predicted octanol–water partition coefficient (Wildman–Crippen LogP) is 2.50. The van der Waals surface area contributed by atoms with E-state index in [2.05, 4.69) is 4.72 Å². The second kappa shape index (κ2) is 7.19. The van der Waals surface area contributed by atoms with Crippen LogP contribution in [0.1, 0.15) is 57.9 Å². The van der Waals surface area contributed by atoms with E-state index in [1.807, 2.05) is 19.9 Å². The number of para-hydroxylation sites is 1. The fraction of sp³-hybridized carbons (Fsp3) is 0.632. The summed E-state index contributed by atoms with van der Waals surface area (Å²) in [5.41, 5.74) is 5.85. The van der Waals surface area contributed by atoms with Gasteiger partial charge >= 0.3 is 0 Å². The van der Waals surface area contributed by atoms with E-state index in [9.17, 15) is 13.2 Å². The van der Waals surface area contributed by atoms with Crippen molar-refractivity contribution in [3.05, 3.63) is 23.8 Å². The van der Waals surface area contributed by atoms with Gasteiger partial charge in [-0.1, -0.05) is 31.4 Å². The molecule has 1 aliphatic heterocycles. The summed E-state index contributed by atoms with van der Waals surface area (Å²) in [4.78, 5) is 11.7. The molecule has 26 heavy (non-hydrogen) atoms. The summed E-state index contributed by atoms with van der Waals surface area (Å²) in [7, 11) is -3.81. The lowest BCUT2D eigenvalue weighted by Gasteiger charge is -2.30. The average molecular weight is 381 g/mol. The zero-order valence-electron chi connectivity index (χ0n) is 15.5. The van der Waals surface area contributed by atoms with Crippen molar-refractivity contribution < 1.29 is 17.9 Å². The number of ether oxygens (including phenoxy) is 1. The van der Waals surface area contributed by atoms with E-state index in [1.165, 1.54) is 0 Å². The highest BCUT2D eigenvalue weighted by Crippen LogP contribution is 2.40. The normalized spacial score (nSPS) is 21.0. The molecule has 3 N–H and O–H groups in total. The summed E-state index contributed by atoms with van der Waals surface area (Å²) in [6, 6.07) is 4.72. The minimum atomic E-state index is -3.81. The molecule has 1 aromatic carbocycles. The average Bonchev–Trinajstić information content (AvgIpc) is 2.87. The second-order valence-corrected chi connectivity index (χ2v) is 9.76. The van der Waals surface area contributed by atoms with Crippen molar-refractivity contribution >= 4 is 15.9 Å². The number of fused-ring (bicyclic) bond motifs is 1. The van der Waals surface area contributed by atoms with Crippen molar-refractivity contribution in [1.82, 2.24) is 4.72 Å². The van der Waals surface area contributed by atoms with Crippen LogP contribution in [0.4, 0.5) is 0 Å². The van der Waals surface area contributed by atoms with Gasteiger partial charge in [-0.05, 0) is 44.2 Å². The number of nitrogens with one attached hydrogen (secondary N) is 1. The zero-order chi connectivity index (χ0) is 18.9. The van der Waals surface area contributed by atoms with Crippen molar-refractivity contribution in [2.24, 2.45) is 11.7 Å². The lowest BCUT2D eigenvalue weighted by atomic mass is 9.83. The molecule has 0 aromatic heterocycles. The van der Waals surface area contributed by atoms with Crippen molar-refractivity contribution in [1.29, 1.82) is 0 Å². The molecule has 7 heteroatoms. The lowest BCUT2D eigenvalue weighted by molar-refractivity contribution is -0.118. The summed E-state index contributed by atoms with van der Waals surface area (Å²) in [6.45, 7) is 3.88. The van der Waals surface area contributed by atoms with Gasteiger partial charge in [-0.3, -0.25) is 4.79 Å². The molecule has 1 saturated carbocycles. The van der Waals surface area contributed by atoms with E-state index in [-0.39, 0.29) is 17.2 Å². The van der Waals surface area contributed by atoms with Gasteiger partial charge in [-0.25, -0.2) is 13.1 Å². The summed E-state index contributed by atoms with van der Waals surface area (Å²) >= 11 is 0. The molecule has 1 heterocycles. The van der Waals surface area contributed by atoms with E-state index in [0.29, 0.717) is 12.2 Å². The molecule has 2 aliphatic rings. The highest BCUT2D eigenvalue weighted by Gasteiger charge is 2.36. The summed E-state index contributed by atoms with van der Waals surface area (Å²) in [5.74, 6) is 0.0746. The minimum Gasteiger partial charge on any atom is -0.486 e. The van der Waals surface area contributed by atoms with Gasteiger partial charge in [-0.2, -0.15) is 0 Å². The monoisotopic (exact) mass is 380 g/mol. The van der Waals surface area contributed by atoms with Crippen LogP contribution in [0.2, 0.25) is 0 Å². The third-order valence-corrected chi connectivity index (χ3v) is 6.80. The number of amides is 1. The molecule has 3 rings (SSSR count). The van der Waals surface area contributed by atoms with Crippen LogP contribution in [0.15, 0.2) is 23.1 Å². The van der Waals surface area contributed by atoms with E-state index >= 15 is 0 Å². The molecule has 6 nitrogen and oxygen atoms in total. The third-order valence-electron chi connectivity index (χ3n) is 5.29. The number of sulfonamides is 1. The Morgan fingerprint density at radius 1 is 1.31 bits per heavy atom. The lowest BCUT2D eigenvalue weighted by Crippen LogP contribution is -2.43. The van der Waals surface area contributed by atoms with Gasteiger partial charge in [0, 0.05) is 18.9 Å². The van der Waals surface area contributed by atoms with Crippen LogP contribution >= 0.6 is 0 Å². The van der Waals surface area contributed by atoms with Gasteiger partial charge < -0.3 is 10.5 Å². The Morgan fingerprint density at radius 3 is 2.65 bits per heavy atom. The van der Waals surface area contributed by atoms with Crippen molar-refractivity contribution in [3.8, 4) is 5.75 Å². The van der Waals surface area contributed by atoms with E-state index in [4.69, 9.17) is 10.5 Å². The first-order valence-corrected chi connectivity index (χ1v) is 10.8. The maximum absolute atomic E-state index is 13.1. The van der Waals surface area contributed by atoms with Crippen LogP contribution in [0, 0.1) is 5.92 Å². The van der Waals surface area contributed by atoms with Gasteiger partial charge in [0.05, 0.1) is 0 Å². The number of rotatable bonds is 6. The Labute approximate surface area is 155 Å². The smallest absolute Gasteiger partial charge is 0.244 e. The number of carbonyl (C=O) groups is 1. The van der Waals surface area contributed by atoms with Crippen LogP contribution in [-0.4, -0.2) is 26.0 Å². The topological polar surface area (TPSA) is 98.5 Å². The fourth-order valence-electron chi connectivity index (χ4n) is 4.12. The Bertz CT molecular complexity index is 783. The molecule has 144 valence electrons. The highest BCUT2D eigenvalue weighted by molar-refractivity contribution is 7.89. The van der Waals surface area contributed by atoms with Gasteiger partial charge in [-0.15, -0.1) is 0 Å². The Hall–Kier alpha value is -1.60. The maximum Gasteiger partial charge on any atom is 0.244 e. The predicted molar refractivity (Wildman–Crippen MR) is 99.3 cm³/mol. The van der Waals surface area contributed by atoms with Crippen LogP contribution in [0.3, 0.4) is 0 Å². The zero-order valence-corrected chi connectivity index (χ0v) is 16.3. The SMILES string of the molecule is CC1(C)Cc2cccc(S(=O)(=O)NC(CC(N)=O)C3CCCCC3)c2O1. The van der Waals surface area contributed by atoms with Crippen LogP contribution in [0.5, 0.6) is 5.75 Å².